The molecule has 2 heterocycles. The summed E-state index contributed by atoms with van der Waals surface area (Å²) in [6, 6.07) is 8.23. The van der Waals surface area contributed by atoms with Crippen LogP contribution < -0.4 is 10.6 Å². The fraction of sp³-hybridized carbons (Fsp3) is 0.444. The first-order valence-corrected chi connectivity index (χ1v) is 10.6. The molecule has 1 aromatic carbocycles. The van der Waals surface area contributed by atoms with Crippen molar-refractivity contribution >= 4 is 15.8 Å². The number of imidazole rings is 1. The van der Waals surface area contributed by atoms with Crippen molar-refractivity contribution in [1.29, 1.82) is 0 Å². The summed E-state index contributed by atoms with van der Waals surface area (Å²) in [6.07, 6.45) is 6.14. The standard InChI is InChI=1S/C18H25N5O2S/c1-2-20-18(22-17-6-9-26(24,25)13-17)21-11-15-4-3-5-16(10-15)12-23-8-7-19-14-23/h3-5,7-8,10,14,17H,2,6,9,11-13H2,1H3,(H2,20,21,22). The lowest BCUT2D eigenvalue weighted by Crippen LogP contribution is -2.44. The highest BCUT2D eigenvalue weighted by atomic mass is 32.2. The van der Waals surface area contributed by atoms with Gasteiger partial charge in [-0.1, -0.05) is 24.3 Å². The normalized spacial score (nSPS) is 19.4. The number of guanidine groups is 1. The number of nitrogens with zero attached hydrogens (tertiary/aromatic N) is 3. The van der Waals surface area contributed by atoms with Crippen LogP contribution in [0.15, 0.2) is 48.0 Å². The minimum atomic E-state index is -2.91. The lowest BCUT2D eigenvalue weighted by atomic mass is 10.1. The molecule has 26 heavy (non-hydrogen) atoms. The van der Waals surface area contributed by atoms with Gasteiger partial charge in [0, 0.05) is 31.5 Å². The number of aliphatic imine (C=N–C) groups is 1. The summed E-state index contributed by atoms with van der Waals surface area (Å²) in [5.41, 5.74) is 2.30. The Labute approximate surface area is 154 Å². The second-order valence-electron chi connectivity index (χ2n) is 6.49. The van der Waals surface area contributed by atoms with E-state index < -0.39 is 9.84 Å². The van der Waals surface area contributed by atoms with Crippen LogP contribution in [0.1, 0.15) is 24.5 Å². The molecule has 0 amide bonds. The van der Waals surface area contributed by atoms with Gasteiger partial charge in [0.25, 0.3) is 0 Å². The SMILES string of the molecule is CCNC(=NCc1cccc(Cn2ccnc2)c1)NC1CCS(=O)(=O)C1. The molecule has 1 aliphatic rings. The van der Waals surface area contributed by atoms with E-state index in [1.54, 1.807) is 12.5 Å². The molecule has 1 atom stereocenters. The first-order chi connectivity index (χ1) is 12.5. The molecule has 0 bridgehead atoms. The van der Waals surface area contributed by atoms with Crippen molar-refractivity contribution in [3.63, 3.8) is 0 Å². The summed E-state index contributed by atoms with van der Waals surface area (Å²) in [4.78, 5) is 8.68. The van der Waals surface area contributed by atoms with Gasteiger partial charge in [-0.2, -0.15) is 0 Å². The third-order valence-electron chi connectivity index (χ3n) is 4.25. The van der Waals surface area contributed by atoms with Crippen molar-refractivity contribution in [2.45, 2.75) is 32.5 Å². The predicted molar refractivity (Wildman–Crippen MR) is 103 cm³/mol. The number of hydrogen-bond donors (Lipinski definition) is 2. The maximum absolute atomic E-state index is 11.6. The van der Waals surface area contributed by atoms with E-state index in [1.165, 1.54) is 5.56 Å². The van der Waals surface area contributed by atoms with Crippen LogP contribution in [0.4, 0.5) is 0 Å². The molecular weight excluding hydrogens is 350 g/mol. The quantitative estimate of drug-likeness (QED) is 0.585. The molecule has 0 spiro atoms. The van der Waals surface area contributed by atoms with Crippen molar-refractivity contribution < 1.29 is 8.42 Å². The zero-order chi connectivity index (χ0) is 18.4. The van der Waals surface area contributed by atoms with Crippen LogP contribution >= 0.6 is 0 Å². The third kappa shape index (κ3) is 5.32. The zero-order valence-corrected chi connectivity index (χ0v) is 15.7. The van der Waals surface area contributed by atoms with Gasteiger partial charge in [-0.15, -0.1) is 0 Å². The Hall–Kier alpha value is -2.35. The summed E-state index contributed by atoms with van der Waals surface area (Å²) >= 11 is 0. The van der Waals surface area contributed by atoms with E-state index in [2.05, 4.69) is 32.7 Å². The average Bonchev–Trinajstić information content (AvgIpc) is 3.22. The van der Waals surface area contributed by atoms with Gasteiger partial charge in [-0.05, 0) is 24.5 Å². The molecule has 1 fully saturated rings. The van der Waals surface area contributed by atoms with Gasteiger partial charge in [0.1, 0.15) is 0 Å². The average molecular weight is 375 g/mol. The van der Waals surface area contributed by atoms with Crippen LogP contribution in [0.2, 0.25) is 0 Å². The van der Waals surface area contributed by atoms with Gasteiger partial charge in [-0.25, -0.2) is 18.4 Å². The van der Waals surface area contributed by atoms with Gasteiger partial charge in [-0.3, -0.25) is 0 Å². The fourth-order valence-electron chi connectivity index (χ4n) is 3.01. The molecular formula is C18H25N5O2S. The third-order valence-corrected chi connectivity index (χ3v) is 6.02. The number of nitrogens with one attached hydrogen (secondary N) is 2. The first-order valence-electron chi connectivity index (χ1n) is 8.83. The summed E-state index contributed by atoms with van der Waals surface area (Å²) in [6.45, 7) is 4.03. The second-order valence-corrected chi connectivity index (χ2v) is 8.72. The van der Waals surface area contributed by atoms with E-state index in [9.17, 15) is 8.42 Å². The van der Waals surface area contributed by atoms with Crippen LogP contribution in [-0.2, 0) is 22.9 Å². The molecule has 1 aromatic heterocycles. The molecule has 8 heteroatoms. The molecule has 3 rings (SSSR count). The van der Waals surface area contributed by atoms with E-state index in [0.29, 0.717) is 18.9 Å². The number of rotatable bonds is 6. The van der Waals surface area contributed by atoms with Gasteiger partial charge in [0.15, 0.2) is 15.8 Å². The molecule has 0 saturated carbocycles. The number of sulfone groups is 1. The molecule has 2 N–H and O–H groups in total. The second kappa shape index (κ2) is 8.35. The minimum Gasteiger partial charge on any atom is -0.357 e. The number of aromatic nitrogens is 2. The molecule has 1 unspecified atom stereocenters. The van der Waals surface area contributed by atoms with Crippen LogP contribution in [0.25, 0.3) is 0 Å². The van der Waals surface area contributed by atoms with Crippen LogP contribution in [0.5, 0.6) is 0 Å². The van der Waals surface area contributed by atoms with Crippen molar-refractivity contribution in [1.82, 2.24) is 20.2 Å². The van der Waals surface area contributed by atoms with Crippen LogP contribution in [0, 0.1) is 0 Å². The van der Waals surface area contributed by atoms with Crippen LogP contribution in [0.3, 0.4) is 0 Å². The highest BCUT2D eigenvalue weighted by Crippen LogP contribution is 2.12. The van der Waals surface area contributed by atoms with Gasteiger partial charge in [0.2, 0.25) is 0 Å². The van der Waals surface area contributed by atoms with E-state index in [4.69, 9.17) is 0 Å². The lowest BCUT2D eigenvalue weighted by molar-refractivity contribution is 0.599. The number of hydrogen-bond acceptors (Lipinski definition) is 4. The van der Waals surface area contributed by atoms with Crippen molar-refractivity contribution in [2.75, 3.05) is 18.1 Å². The zero-order valence-electron chi connectivity index (χ0n) is 14.9. The van der Waals surface area contributed by atoms with E-state index >= 15 is 0 Å². The molecule has 7 nitrogen and oxygen atoms in total. The Morgan fingerprint density at radius 1 is 1.38 bits per heavy atom. The van der Waals surface area contributed by atoms with E-state index in [1.807, 2.05) is 29.8 Å². The van der Waals surface area contributed by atoms with Gasteiger partial charge >= 0.3 is 0 Å². The lowest BCUT2D eigenvalue weighted by Gasteiger charge is -2.16. The Bertz CT molecular complexity index is 846. The first kappa shape index (κ1) is 18.4. The number of benzene rings is 1. The summed E-state index contributed by atoms with van der Waals surface area (Å²) in [5, 5.41) is 6.43. The summed E-state index contributed by atoms with van der Waals surface area (Å²) < 4.78 is 25.3. The molecule has 0 aliphatic carbocycles. The minimum absolute atomic E-state index is 0.0645. The molecule has 1 aliphatic heterocycles. The topological polar surface area (TPSA) is 88.4 Å². The van der Waals surface area contributed by atoms with Crippen molar-refractivity contribution in [2.24, 2.45) is 4.99 Å². The van der Waals surface area contributed by atoms with Crippen LogP contribution in [-0.4, -0.2) is 48.0 Å². The maximum atomic E-state index is 11.6. The molecule has 0 radical (unpaired) electrons. The fourth-order valence-corrected chi connectivity index (χ4v) is 4.68. The Morgan fingerprint density at radius 3 is 2.92 bits per heavy atom. The van der Waals surface area contributed by atoms with Gasteiger partial charge < -0.3 is 15.2 Å². The van der Waals surface area contributed by atoms with Crippen molar-refractivity contribution in [3.8, 4) is 0 Å². The predicted octanol–water partition coefficient (Wildman–Crippen LogP) is 1.17. The summed E-state index contributed by atoms with van der Waals surface area (Å²) in [5.74, 6) is 1.09. The molecule has 140 valence electrons. The molecule has 1 saturated heterocycles. The van der Waals surface area contributed by atoms with Gasteiger partial charge in [0.05, 0.1) is 24.4 Å². The van der Waals surface area contributed by atoms with E-state index in [0.717, 1.165) is 18.7 Å². The Kier molecular flexibility index (Phi) is 5.92. The van der Waals surface area contributed by atoms with E-state index in [-0.39, 0.29) is 17.5 Å². The Balaban J connectivity index is 1.63. The summed E-state index contributed by atoms with van der Waals surface area (Å²) in [7, 11) is -2.91. The monoisotopic (exact) mass is 375 g/mol. The highest BCUT2D eigenvalue weighted by Gasteiger charge is 2.28. The Morgan fingerprint density at radius 2 is 2.23 bits per heavy atom. The highest BCUT2D eigenvalue weighted by molar-refractivity contribution is 7.91. The smallest absolute Gasteiger partial charge is 0.191 e. The maximum Gasteiger partial charge on any atom is 0.191 e. The molecule has 2 aromatic rings. The largest absolute Gasteiger partial charge is 0.357 e. The van der Waals surface area contributed by atoms with Crippen molar-refractivity contribution in [3.05, 3.63) is 54.1 Å².